The summed E-state index contributed by atoms with van der Waals surface area (Å²) in [6, 6.07) is 1.42. The van der Waals surface area contributed by atoms with E-state index in [9.17, 15) is 4.79 Å². The van der Waals surface area contributed by atoms with Crippen molar-refractivity contribution in [3.63, 3.8) is 0 Å². The number of hydrogen-bond donors (Lipinski definition) is 1. The van der Waals surface area contributed by atoms with Gasteiger partial charge in [-0.1, -0.05) is 6.92 Å². The molecule has 0 aliphatic rings. The van der Waals surface area contributed by atoms with E-state index in [0.717, 1.165) is 0 Å². The summed E-state index contributed by atoms with van der Waals surface area (Å²) < 4.78 is 6.54. The van der Waals surface area contributed by atoms with Gasteiger partial charge in [0, 0.05) is 12.5 Å². The standard InChI is InChI=1S/C9H10N4O2/c1-3-7-10-5-15-13(7)9-11-6(2)4-8(14)12-9/h4-5H,3H2,1-2H3/p+1. The molecule has 15 heavy (non-hydrogen) atoms. The van der Waals surface area contributed by atoms with Crippen molar-refractivity contribution >= 4 is 0 Å². The summed E-state index contributed by atoms with van der Waals surface area (Å²) in [5.74, 6) is 1.07. The Morgan fingerprint density at radius 1 is 1.60 bits per heavy atom. The van der Waals surface area contributed by atoms with E-state index >= 15 is 0 Å². The molecule has 0 fully saturated rings. The number of aryl methyl sites for hydroxylation is 2. The zero-order valence-electron chi connectivity index (χ0n) is 8.52. The van der Waals surface area contributed by atoms with Crippen molar-refractivity contribution in [1.29, 1.82) is 0 Å². The lowest BCUT2D eigenvalue weighted by molar-refractivity contribution is -0.796. The van der Waals surface area contributed by atoms with Gasteiger partial charge >= 0.3 is 5.95 Å². The van der Waals surface area contributed by atoms with Crippen LogP contribution in [0.25, 0.3) is 5.95 Å². The van der Waals surface area contributed by atoms with Gasteiger partial charge in [-0.15, -0.1) is 9.97 Å². The third kappa shape index (κ3) is 1.78. The van der Waals surface area contributed by atoms with Crippen molar-refractivity contribution in [1.82, 2.24) is 15.0 Å². The van der Waals surface area contributed by atoms with Gasteiger partial charge in [0.2, 0.25) is 0 Å². The minimum Gasteiger partial charge on any atom is -0.303 e. The van der Waals surface area contributed by atoms with Crippen LogP contribution in [-0.2, 0) is 6.42 Å². The normalized spacial score (nSPS) is 10.5. The maximum atomic E-state index is 11.2. The second-order valence-electron chi connectivity index (χ2n) is 3.11. The van der Waals surface area contributed by atoms with Gasteiger partial charge in [-0.25, -0.2) is 4.98 Å². The molecular weight excluding hydrogens is 196 g/mol. The third-order valence-electron chi connectivity index (χ3n) is 1.95. The number of nitrogens with zero attached hydrogens (tertiary/aromatic N) is 3. The summed E-state index contributed by atoms with van der Waals surface area (Å²) >= 11 is 0. The van der Waals surface area contributed by atoms with Crippen molar-refractivity contribution in [3.8, 4) is 5.95 Å². The van der Waals surface area contributed by atoms with E-state index in [1.807, 2.05) is 6.92 Å². The number of H-pyrrole nitrogens is 1. The van der Waals surface area contributed by atoms with Gasteiger partial charge < -0.3 is 4.52 Å². The van der Waals surface area contributed by atoms with Gasteiger partial charge in [0.1, 0.15) is 5.69 Å². The van der Waals surface area contributed by atoms with Crippen LogP contribution in [0.15, 0.2) is 21.8 Å². The van der Waals surface area contributed by atoms with Crippen LogP contribution < -0.4 is 10.3 Å². The summed E-state index contributed by atoms with van der Waals surface area (Å²) in [5.41, 5.74) is 0.433. The first-order chi connectivity index (χ1) is 7.20. The monoisotopic (exact) mass is 207 g/mol. The number of nitrogens with one attached hydrogen (secondary N) is 1. The molecule has 0 bridgehead atoms. The van der Waals surface area contributed by atoms with E-state index in [0.29, 0.717) is 23.9 Å². The summed E-state index contributed by atoms with van der Waals surface area (Å²) in [4.78, 5) is 22.0. The smallest absolute Gasteiger partial charge is 0.303 e. The topological polar surface area (TPSA) is 75.7 Å². The summed E-state index contributed by atoms with van der Waals surface area (Å²) in [7, 11) is 0. The molecular formula is C9H11N4O2+. The molecule has 0 saturated carbocycles. The number of aromatic nitrogens is 4. The molecule has 0 saturated heterocycles. The predicted octanol–water partition coefficient (Wildman–Crippen LogP) is -0.0946. The Bertz CT molecular complexity index is 529. The van der Waals surface area contributed by atoms with Crippen molar-refractivity contribution in [2.45, 2.75) is 20.3 Å². The van der Waals surface area contributed by atoms with Crippen LogP contribution in [0.1, 0.15) is 18.4 Å². The lowest BCUT2D eigenvalue weighted by Gasteiger charge is -1.93. The molecule has 2 aromatic heterocycles. The zero-order chi connectivity index (χ0) is 10.8. The minimum absolute atomic E-state index is 0.205. The Morgan fingerprint density at radius 2 is 2.40 bits per heavy atom. The molecule has 0 aliphatic carbocycles. The van der Waals surface area contributed by atoms with Gasteiger partial charge in [-0.3, -0.25) is 4.79 Å². The molecule has 0 amide bonds. The molecule has 0 aliphatic heterocycles. The first-order valence-corrected chi connectivity index (χ1v) is 4.64. The summed E-state index contributed by atoms with van der Waals surface area (Å²) in [5, 5.41) is 0. The Kier molecular flexibility index (Phi) is 2.32. The van der Waals surface area contributed by atoms with Gasteiger partial charge in [0.25, 0.3) is 17.8 Å². The molecule has 0 spiro atoms. The van der Waals surface area contributed by atoms with E-state index in [1.165, 1.54) is 17.2 Å². The lowest BCUT2D eigenvalue weighted by Crippen LogP contribution is -2.37. The van der Waals surface area contributed by atoms with Crippen LogP contribution in [0.5, 0.6) is 0 Å². The van der Waals surface area contributed by atoms with E-state index in [2.05, 4.69) is 15.0 Å². The first-order valence-electron chi connectivity index (χ1n) is 4.64. The molecule has 0 radical (unpaired) electrons. The Balaban J connectivity index is 2.58. The van der Waals surface area contributed by atoms with E-state index in [-0.39, 0.29) is 5.56 Å². The molecule has 6 heteroatoms. The molecule has 0 unspecified atom stereocenters. The van der Waals surface area contributed by atoms with Crippen LogP contribution in [0.3, 0.4) is 0 Å². The van der Waals surface area contributed by atoms with E-state index < -0.39 is 0 Å². The number of hydrogen-bond acceptors (Lipinski definition) is 4. The third-order valence-corrected chi connectivity index (χ3v) is 1.95. The fourth-order valence-electron chi connectivity index (χ4n) is 1.31. The van der Waals surface area contributed by atoms with Crippen LogP contribution in [0.2, 0.25) is 0 Å². The molecule has 0 aromatic carbocycles. The quantitative estimate of drug-likeness (QED) is 0.698. The Hall–Kier alpha value is -1.98. The van der Waals surface area contributed by atoms with Crippen LogP contribution in [0.4, 0.5) is 0 Å². The van der Waals surface area contributed by atoms with Crippen molar-refractivity contribution < 1.29 is 9.26 Å². The van der Waals surface area contributed by atoms with E-state index in [4.69, 9.17) is 4.52 Å². The fourth-order valence-corrected chi connectivity index (χ4v) is 1.31. The number of rotatable bonds is 2. The Labute approximate surface area is 85.6 Å². The minimum atomic E-state index is -0.205. The summed E-state index contributed by atoms with van der Waals surface area (Å²) in [6.45, 7) is 3.70. The maximum Gasteiger partial charge on any atom is 0.392 e. The van der Waals surface area contributed by atoms with Gasteiger partial charge in [-0.05, 0) is 11.7 Å². The van der Waals surface area contributed by atoms with Crippen LogP contribution in [0, 0.1) is 6.92 Å². The second kappa shape index (κ2) is 3.64. The highest BCUT2D eigenvalue weighted by molar-refractivity contribution is 5.03. The molecule has 2 aromatic rings. The second-order valence-corrected chi connectivity index (χ2v) is 3.11. The lowest BCUT2D eigenvalue weighted by atomic mass is 10.4. The highest BCUT2D eigenvalue weighted by Crippen LogP contribution is 1.93. The van der Waals surface area contributed by atoms with Crippen LogP contribution in [-0.4, -0.2) is 15.0 Å². The van der Waals surface area contributed by atoms with Crippen molar-refractivity contribution in [2.75, 3.05) is 0 Å². The molecule has 6 nitrogen and oxygen atoms in total. The van der Waals surface area contributed by atoms with Crippen molar-refractivity contribution in [2.24, 2.45) is 0 Å². The average molecular weight is 207 g/mol. The highest BCUT2D eigenvalue weighted by atomic mass is 16.5. The molecule has 1 N–H and O–H groups in total. The molecule has 2 rings (SSSR count). The van der Waals surface area contributed by atoms with Crippen molar-refractivity contribution in [3.05, 3.63) is 34.3 Å². The van der Waals surface area contributed by atoms with Gasteiger partial charge in [0.05, 0.1) is 0 Å². The van der Waals surface area contributed by atoms with Crippen LogP contribution >= 0.6 is 0 Å². The fraction of sp³-hybridized carbons (Fsp3) is 0.333. The summed E-state index contributed by atoms with van der Waals surface area (Å²) in [6.07, 6.45) is 2.02. The highest BCUT2D eigenvalue weighted by Gasteiger charge is 2.16. The van der Waals surface area contributed by atoms with Gasteiger partial charge in [0.15, 0.2) is 0 Å². The van der Waals surface area contributed by atoms with E-state index in [1.54, 1.807) is 6.92 Å². The zero-order valence-corrected chi connectivity index (χ0v) is 8.52. The Morgan fingerprint density at radius 3 is 3.07 bits per heavy atom. The first kappa shape index (κ1) is 9.57. The average Bonchev–Trinajstić information content (AvgIpc) is 2.63. The SMILES string of the molecule is CCc1nco[n+]1-c1nc(C)cc(=O)[nH]1. The molecule has 2 heterocycles. The largest absolute Gasteiger partial charge is 0.392 e. The van der Waals surface area contributed by atoms with Gasteiger partial charge in [-0.2, -0.15) is 0 Å². The molecule has 0 atom stereocenters. The number of aromatic amines is 1. The maximum absolute atomic E-state index is 11.2. The molecule has 78 valence electrons. The predicted molar refractivity (Wildman–Crippen MR) is 50.6 cm³/mol.